The molecule has 0 atom stereocenters. The van der Waals surface area contributed by atoms with Gasteiger partial charge in [0.15, 0.2) is 17.6 Å². The Labute approximate surface area is 205 Å². The minimum Gasteiger partial charge on any atom is -0.482 e. The first-order valence-corrected chi connectivity index (χ1v) is 11.8. The summed E-state index contributed by atoms with van der Waals surface area (Å²) in [5, 5.41) is 5.55. The van der Waals surface area contributed by atoms with Gasteiger partial charge in [-0.25, -0.2) is 19.0 Å². The summed E-state index contributed by atoms with van der Waals surface area (Å²) >= 11 is 1.17. The number of hydrogen-bond acceptors (Lipinski definition) is 7. The second-order valence-electron chi connectivity index (χ2n) is 7.30. The van der Waals surface area contributed by atoms with Gasteiger partial charge in [-0.2, -0.15) is 0 Å². The Balaban J connectivity index is 1.78. The third-order valence-electron chi connectivity index (χ3n) is 4.91. The third kappa shape index (κ3) is 5.55. The lowest BCUT2D eigenvalue weighted by Crippen LogP contribution is -2.28. The molecule has 4 rings (SSSR count). The van der Waals surface area contributed by atoms with Crippen molar-refractivity contribution in [1.82, 2.24) is 15.3 Å². The zero-order chi connectivity index (χ0) is 24.8. The van der Waals surface area contributed by atoms with E-state index >= 15 is 4.39 Å². The Hall–Kier alpha value is -4.05. The van der Waals surface area contributed by atoms with E-state index in [1.807, 2.05) is 12.1 Å². The molecule has 10 heteroatoms. The number of benzene rings is 2. The highest BCUT2D eigenvalue weighted by molar-refractivity contribution is 7.22. The van der Waals surface area contributed by atoms with E-state index in [9.17, 15) is 9.59 Å². The molecule has 35 heavy (non-hydrogen) atoms. The van der Waals surface area contributed by atoms with Crippen molar-refractivity contribution in [3.63, 3.8) is 0 Å². The van der Waals surface area contributed by atoms with E-state index in [1.54, 1.807) is 56.4 Å². The van der Waals surface area contributed by atoms with Gasteiger partial charge in [0.1, 0.15) is 11.3 Å². The normalized spacial score (nSPS) is 10.7. The number of amides is 2. The Kier molecular flexibility index (Phi) is 7.51. The number of carbonyl (C=O) groups excluding carboxylic acids is 2. The highest BCUT2D eigenvalue weighted by Gasteiger charge is 2.21. The van der Waals surface area contributed by atoms with E-state index in [2.05, 4.69) is 20.6 Å². The zero-order valence-corrected chi connectivity index (χ0v) is 19.9. The third-order valence-corrected chi connectivity index (χ3v) is 5.91. The molecule has 0 unspecified atom stereocenters. The number of ether oxygens (including phenoxy) is 2. The lowest BCUT2D eigenvalue weighted by Gasteiger charge is -2.11. The predicted molar refractivity (Wildman–Crippen MR) is 133 cm³/mol. The fourth-order valence-electron chi connectivity index (χ4n) is 3.43. The van der Waals surface area contributed by atoms with Crippen LogP contribution in [0.2, 0.25) is 0 Å². The van der Waals surface area contributed by atoms with E-state index < -0.39 is 17.8 Å². The number of esters is 1. The van der Waals surface area contributed by atoms with E-state index in [4.69, 9.17) is 9.47 Å². The summed E-state index contributed by atoms with van der Waals surface area (Å²) in [6.07, 6.45) is 1.66. The molecule has 8 nitrogen and oxygen atoms in total. The molecule has 0 bridgehead atoms. The second kappa shape index (κ2) is 10.9. The van der Waals surface area contributed by atoms with Crippen LogP contribution in [0.25, 0.3) is 32.6 Å². The molecule has 0 spiro atoms. The molecular formula is C25H23FN4O4S. The van der Waals surface area contributed by atoms with Gasteiger partial charge in [-0.1, -0.05) is 29.5 Å². The molecule has 0 aliphatic rings. The van der Waals surface area contributed by atoms with Crippen LogP contribution in [0, 0.1) is 5.82 Å². The Morgan fingerprint density at radius 3 is 2.69 bits per heavy atom. The van der Waals surface area contributed by atoms with Crippen molar-refractivity contribution in [1.29, 1.82) is 0 Å². The minimum absolute atomic E-state index is 0.123. The summed E-state index contributed by atoms with van der Waals surface area (Å²) in [6.45, 7) is 3.97. The van der Waals surface area contributed by atoms with Crippen molar-refractivity contribution >= 4 is 38.7 Å². The summed E-state index contributed by atoms with van der Waals surface area (Å²) in [6, 6.07) is 13.5. The van der Waals surface area contributed by atoms with Crippen molar-refractivity contribution in [3.05, 3.63) is 60.5 Å². The molecule has 2 N–H and O–H groups in total. The first-order chi connectivity index (χ1) is 17.0. The van der Waals surface area contributed by atoms with Crippen LogP contribution in [-0.2, 0) is 9.53 Å². The molecule has 0 radical (unpaired) electrons. The zero-order valence-electron chi connectivity index (χ0n) is 19.1. The van der Waals surface area contributed by atoms with Crippen LogP contribution < -0.4 is 15.4 Å². The SMILES string of the molecule is CCNC(=O)Nc1nc2c(F)c(-c3cccc(OCC(=O)OCC)c3)cc(-c3ccccn3)c2s1. The van der Waals surface area contributed by atoms with Gasteiger partial charge in [0.25, 0.3) is 0 Å². The largest absolute Gasteiger partial charge is 0.482 e. The van der Waals surface area contributed by atoms with Crippen LogP contribution in [0.1, 0.15) is 13.8 Å². The van der Waals surface area contributed by atoms with Gasteiger partial charge >= 0.3 is 12.0 Å². The van der Waals surface area contributed by atoms with Gasteiger partial charge in [-0.05, 0) is 49.7 Å². The number of pyridine rings is 1. The number of nitrogens with zero attached hydrogens (tertiary/aromatic N) is 2. The summed E-state index contributed by atoms with van der Waals surface area (Å²) < 4.78 is 26.7. The Morgan fingerprint density at radius 2 is 1.94 bits per heavy atom. The number of halogens is 1. The molecule has 0 fully saturated rings. The molecular weight excluding hydrogens is 471 g/mol. The molecule has 2 heterocycles. The van der Waals surface area contributed by atoms with Crippen molar-refractivity contribution in [3.8, 4) is 28.1 Å². The van der Waals surface area contributed by atoms with Gasteiger partial charge in [0.2, 0.25) is 0 Å². The number of aromatic nitrogens is 2. The summed E-state index contributed by atoms with van der Waals surface area (Å²) in [5.41, 5.74) is 2.26. The van der Waals surface area contributed by atoms with Crippen LogP contribution in [-0.4, -0.2) is 41.7 Å². The predicted octanol–water partition coefficient (Wildman–Crippen LogP) is 5.25. The molecule has 0 saturated heterocycles. The maximum absolute atomic E-state index is 15.8. The van der Waals surface area contributed by atoms with Crippen LogP contribution >= 0.6 is 11.3 Å². The number of anilines is 1. The van der Waals surface area contributed by atoms with Crippen LogP contribution in [0.4, 0.5) is 14.3 Å². The van der Waals surface area contributed by atoms with Crippen molar-refractivity contribution in [2.24, 2.45) is 0 Å². The van der Waals surface area contributed by atoms with Gasteiger partial charge in [-0.3, -0.25) is 10.3 Å². The Morgan fingerprint density at radius 1 is 1.09 bits per heavy atom. The number of carbonyl (C=O) groups is 2. The van der Waals surface area contributed by atoms with Crippen molar-refractivity contribution < 1.29 is 23.5 Å². The topological polar surface area (TPSA) is 102 Å². The fourth-order valence-corrected chi connectivity index (χ4v) is 4.41. The molecule has 2 aromatic carbocycles. The van der Waals surface area contributed by atoms with Gasteiger partial charge in [-0.15, -0.1) is 0 Å². The lowest BCUT2D eigenvalue weighted by atomic mass is 9.99. The molecule has 4 aromatic rings. The number of thiazole rings is 1. The second-order valence-corrected chi connectivity index (χ2v) is 8.30. The lowest BCUT2D eigenvalue weighted by molar-refractivity contribution is -0.145. The maximum atomic E-state index is 15.8. The highest BCUT2D eigenvalue weighted by atomic mass is 32.1. The van der Waals surface area contributed by atoms with E-state index in [0.717, 1.165) is 0 Å². The minimum atomic E-state index is -0.539. The monoisotopic (exact) mass is 494 g/mol. The van der Waals surface area contributed by atoms with Gasteiger partial charge in [0.05, 0.1) is 17.0 Å². The highest BCUT2D eigenvalue weighted by Crippen LogP contribution is 2.40. The van der Waals surface area contributed by atoms with Gasteiger partial charge < -0.3 is 14.8 Å². The van der Waals surface area contributed by atoms with E-state index in [1.165, 1.54) is 11.3 Å². The molecule has 180 valence electrons. The molecule has 0 saturated carbocycles. The van der Waals surface area contributed by atoms with E-state index in [0.29, 0.717) is 33.8 Å². The van der Waals surface area contributed by atoms with Crippen LogP contribution in [0.5, 0.6) is 5.75 Å². The number of nitrogens with one attached hydrogen (secondary N) is 2. The first kappa shape index (κ1) is 24.1. The maximum Gasteiger partial charge on any atom is 0.344 e. The summed E-state index contributed by atoms with van der Waals surface area (Å²) in [5.74, 6) is -0.633. The molecule has 0 aliphatic carbocycles. The molecule has 0 aliphatic heterocycles. The number of rotatable bonds is 8. The van der Waals surface area contributed by atoms with Crippen LogP contribution in [0.15, 0.2) is 54.7 Å². The van der Waals surface area contributed by atoms with Crippen molar-refractivity contribution in [2.45, 2.75) is 13.8 Å². The number of hydrogen-bond donors (Lipinski definition) is 2. The summed E-state index contributed by atoms with van der Waals surface area (Å²) in [7, 11) is 0. The van der Waals surface area contributed by atoms with Crippen molar-refractivity contribution in [2.75, 3.05) is 25.1 Å². The Bertz CT molecular complexity index is 1360. The average molecular weight is 495 g/mol. The molecule has 2 amide bonds. The average Bonchev–Trinajstić information content (AvgIpc) is 3.28. The van der Waals surface area contributed by atoms with E-state index in [-0.39, 0.29) is 29.4 Å². The van der Waals surface area contributed by atoms with Gasteiger partial charge in [0, 0.05) is 23.9 Å². The fraction of sp³-hybridized carbons (Fsp3) is 0.200. The summed E-state index contributed by atoms with van der Waals surface area (Å²) in [4.78, 5) is 32.4. The molecule has 2 aromatic heterocycles. The first-order valence-electron chi connectivity index (χ1n) is 11.0. The smallest absolute Gasteiger partial charge is 0.344 e. The van der Waals surface area contributed by atoms with Crippen LogP contribution in [0.3, 0.4) is 0 Å². The quantitative estimate of drug-likeness (QED) is 0.325. The standard InChI is InChI=1S/C25H23FN4O4S/c1-3-27-24(32)30-25-29-22-21(26)17(13-18(23(22)35-25)19-10-5-6-11-28-19)15-8-7-9-16(12-15)34-14-20(31)33-4-2/h5-13H,3-4,14H2,1-2H3,(H2,27,29,30,32). The number of urea groups is 1. The number of fused-ring (bicyclic) bond motifs is 1.